The van der Waals surface area contributed by atoms with Gasteiger partial charge in [0.25, 0.3) is 0 Å². The second-order valence-electron chi connectivity index (χ2n) is 8.98. The minimum atomic E-state index is -3.48. The first kappa shape index (κ1) is 20.6. The summed E-state index contributed by atoms with van der Waals surface area (Å²) in [7, 11) is -3.48. The summed E-state index contributed by atoms with van der Waals surface area (Å²) >= 11 is 5.87. The monoisotopic (exact) mass is 425 g/mol. The molecule has 2 bridgehead atoms. The van der Waals surface area contributed by atoms with Gasteiger partial charge in [-0.2, -0.15) is 0 Å². The van der Waals surface area contributed by atoms with Crippen molar-refractivity contribution in [3.63, 3.8) is 0 Å². The van der Waals surface area contributed by atoms with E-state index in [-0.39, 0.29) is 4.90 Å². The van der Waals surface area contributed by atoms with Crippen LogP contribution in [0.25, 0.3) is 0 Å². The van der Waals surface area contributed by atoms with Crippen LogP contribution in [-0.4, -0.2) is 63.5 Å². The number of hydrogen-bond donors (Lipinski definition) is 1. The molecule has 0 aromatic heterocycles. The highest BCUT2D eigenvalue weighted by molar-refractivity contribution is 7.89. The lowest BCUT2D eigenvalue weighted by molar-refractivity contribution is -0.0136. The quantitative estimate of drug-likeness (QED) is 0.761. The number of rotatable bonds is 6. The van der Waals surface area contributed by atoms with E-state index in [2.05, 4.69) is 21.4 Å². The molecule has 4 aliphatic heterocycles. The maximum atomic E-state index is 12.6. The Balaban J connectivity index is 1.30. The molecule has 0 spiro atoms. The third-order valence-electron chi connectivity index (χ3n) is 7.02. The molecule has 0 amide bonds. The first-order valence-electron chi connectivity index (χ1n) is 10.6. The van der Waals surface area contributed by atoms with E-state index in [4.69, 9.17) is 11.6 Å². The smallest absolute Gasteiger partial charge is 0.240 e. The van der Waals surface area contributed by atoms with Crippen molar-refractivity contribution >= 4 is 21.6 Å². The molecule has 1 aromatic rings. The predicted molar refractivity (Wildman–Crippen MR) is 113 cm³/mol. The van der Waals surface area contributed by atoms with Crippen molar-refractivity contribution < 1.29 is 8.42 Å². The Labute approximate surface area is 174 Å². The van der Waals surface area contributed by atoms with Crippen LogP contribution in [0.5, 0.6) is 0 Å². The molecule has 0 aliphatic carbocycles. The van der Waals surface area contributed by atoms with Crippen molar-refractivity contribution in [2.75, 3.05) is 39.3 Å². The van der Waals surface area contributed by atoms with Gasteiger partial charge in [-0.1, -0.05) is 18.5 Å². The van der Waals surface area contributed by atoms with Crippen molar-refractivity contribution in [3.05, 3.63) is 29.3 Å². The Morgan fingerprint density at radius 1 is 1.11 bits per heavy atom. The second kappa shape index (κ2) is 8.60. The third-order valence-corrected chi connectivity index (χ3v) is 8.71. The molecule has 4 unspecified atom stereocenters. The van der Waals surface area contributed by atoms with Crippen LogP contribution in [0.1, 0.15) is 32.6 Å². The fraction of sp³-hybridized carbons (Fsp3) is 0.714. The van der Waals surface area contributed by atoms with Crippen molar-refractivity contribution in [2.24, 2.45) is 17.8 Å². The molecule has 4 fully saturated rings. The molecule has 0 radical (unpaired) electrons. The van der Waals surface area contributed by atoms with Gasteiger partial charge in [-0.05, 0) is 87.3 Å². The van der Waals surface area contributed by atoms with Gasteiger partial charge in [0.2, 0.25) is 10.0 Å². The zero-order valence-corrected chi connectivity index (χ0v) is 18.3. The van der Waals surface area contributed by atoms with Gasteiger partial charge in [0, 0.05) is 30.7 Å². The van der Waals surface area contributed by atoms with E-state index in [0.717, 1.165) is 37.3 Å². The summed E-state index contributed by atoms with van der Waals surface area (Å²) in [5.74, 6) is 2.35. The highest BCUT2D eigenvalue weighted by Crippen LogP contribution is 2.37. The molecule has 5 rings (SSSR count). The molecule has 1 N–H and O–H groups in total. The Bertz CT molecular complexity index is 762. The van der Waals surface area contributed by atoms with Gasteiger partial charge in [0.1, 0.15) is 0 Å². The normalized spacial score (nSPS) is 31.9. The molecular weight excluding hydrogens is 394 g/mol. The Morgan fingerprint density at radius 3 is 2.46 bits per heavy atom. The summed E-state index contributed by atoms with van der Waals surface area (Å²) in [5, 5.41) is 0.545. The lowest BCUT2D eigenvalue weighted by atomic mass is 9.75. The van der Waals surface area contributed by atoms with Crippen LogP contribution in [0.15, 0.2) is 29.2 Å². The number of halogens is 1. The highest BCUT2D eigenvalue weighted by atomic mass is 35.5. The van der Waals surface area contributed by atoms with E-state index in [0.29, 0.717) is 17.6 Å². The largest absolute Gasteiger partial charge is 0.303 e. The Morgan fingerprint density at radius 2 is 1.82 bits per heavy atom. The minimum Gasteiger partial charge on any atom is -0.303 e. The van der Waals surface area contributed by atoms with Crippen molar-refractivity contribution in [1.82, 2.24) is 14.5 Å². The topological polar surface area (TPSA) is 52.6 Å². The van der Waals surface area contributed by atoms with Crippen LogP contribution in [0.3, 0.4) is 0 Å². The van der Waals surface area contributed by atoms with Crippen LogP contribution in [0.4, 0.5) is 0 Å². The zero-order valence-electron chi connectivity index (χ0n) is 16.7. The van der Waals surface area contributed by atoms with Gasteiger partial charge < -0.3 is 4.90 Å². The summed E-state index contributed by atoms with van der Waals surface area (Å²) in [6.07, 6.45) is 5.03. The maximum Gasteiger partial charge on any atom is 0.240 e. The maximum absolute atomic E-state index is 12.6. The van der Waals surface area contributed by atoms with Gasteiger partial charge in [-0.3, -0.25) is 4.90 Å². The summed E-state index contributed by atoms with van der Waals surface area (Å²) < 4.78 is 28.0. The van der Waals surface area contributed by atoms with Crippen LogP contribution in [0.2, 0.25) is 5.02 Å². The number of benzene rings is 1. The average Bonchev–Trinajstić information content (AvgIpc) is 2.69. The molecule has 4 heterocycles. The van der Waals surface area contributed by atoms with E-state index in [1.807, 2.05) is 0 Å². The molecule has 4 atom stereocenters. The summed E-state index contributed by atoms with van der Waals surface area (Å²) in [5.41, 5.74) is 0. The number of likely N-dealkylation sites (tertiary alicyclic amines) is 1. The van der Waals surface area contributed by atoms with E-state index < -0.39 is 10.0 Å². The average molecular weight is 426 g/mol. The highest BCUT2D eigenvalue weighted by Gasteiger charge is 2.40. The number of nitrogens with one attached hydrogen (secondary N) is 1. The molecule has 7 heteroatoms. The molecule has 4 aliphatic rings. The number of nitrogens with zero attached hydrogens (tertiary/aromatic N) is 2. The molecule has 4 saturated heterocycles. The van der Waals surface area contributed by atoms with Crippen LogP contribution >= 0.6 is 11.6 Å². The Kier molecular flexibility index (Phi) is 6.33. The first-order chi connectivity index (χ1) is 13.4. The van der Waals surface area contributed by atoms with E-state index in [9.17, 15) is 8.42 Å². The van der Waals surface area contributed by atoms with Gasteiger partial charge in [0.05, 0.1) is 4.90 Å². The molecular formula is C21H32ClN3O2S. The summed E-state index contributed by atoms with van der Waals surface area (Å²) in [6.45, 7) is 8.78. The number of hydrogen-bond acceptors (Lipinski definition) is 4. The first-order valence-corrected chi connectivity index (χ1v) is 12.5. The zero-order chi connectivity index (χ0) is 19.7. The van der Waals surface area contributed by atoms with Gasteiger partial charge in [0.15, 0.2) is 0 Å². The standard InChI is InChI=1S/C21H32ClN3O2S/c1-16-6-9-24(10-7-16)14-18-15-25-11-8-17(18)12-20(25)13-23-28(26,27)21-4-2-19(22)3-5-21/h2-5,16-18,20,23H,6-15H2,1H3. The minimum absolute atomic E-state index is 0.282. The second-order valence-corrected chi connectivity index (χ2v) is 11.2. The summed E-state index contributed by atoms with van der Waals surface area (Å²) in [4.78, 5) is 5.46. The molecule has 28 heavy (non-hydrogen) atoms. The Hall–Kier alpha value is -0.660. The fourth-order valence-electron chi connectivity index (χ4n) is 5.15. The lowest BCUT2D eigenvalue weighted by Crippen LogP contribution is -2.58. The summed E-state index contributed by atoms with van der Waals surface area (Å²) in [6, 6.07) is 6.68. The third kappa shape index (κ3) is 4.73. The van der Waals surface area contributed by atoms with E-state index in [1.165, 1.54) is 38.9 Å². The SMILES string of the molecule is CC1CCN(CC2CN3CCC2CC3CNS(=O)(=O)c2ccc(Cl)cc2)CC1. The number of sulfonamides is 1. The van der Waals surface area contributed by atoms with Crippen molar-refractivity contribution in [3.8, 4) is 0 Å². The lowest BCUT2D eigenvalue weighted by Gasteiger charge is -2.51. The predicted octanol–water partition coefficient (Wildman–Crippen LogP) is 3.06. The van der Waals surface area contributed by atoms with Crippen LogP contribution in [0, 0.1) is 17.8 Å². The van der Waals surface area contributed by atoms with Gasteiger partial charge in [-0.15, -0.1) is 0 Å². The van der Waals surface area contributed by atoms with Crippen molar-refractivity contribution in [1.29, 1.82) is 0 Å². The fourth-order valence-corrected chi connectivity index (χ4v) is 6.35. The molecule has 156 valence electrons. The van der Waals surface area contributed by atoms with Gasteiger partial charge >= 0.3 is 0 Å². The molecule has 0 saturated carbocycles. The molecule has 5 nitrogen and oxygen atoms in total. The van der Waals surface area contributed by atoms with Crippen LogP contribution < -0.4 is 4.72 Å². The van der Waals surface area contributed by atoms with Gasteiger partial charge in [-0.25, -0.2) is 13.1 Å². The van der Waals surface area contributed by atoms with E-state index >= 15 is 0 Å². The van der Waals surface area contributed by atoms with Crippen LogP contribution in [-0.2, 0) is 10.0 Å². The number of piperidine rings is 4. The number of fused-ring (bicyclic) bond motifs is 3. The van der Waals surface area contributed by atoms with Crippen molar-refractivity contribution in [2.45, 2.75) is 43.5 Å². The van der Waals surface area contributed by atoms with E-state index in [1.54, 1.807) is 24.3 Å². The molecule has 1 aromatic carbocycles.